The van der Waals surface area contributed by atoms with Gasteiger partial charge >= 0.3 is 0 Å². The summed E-state index contributed by atoms with van der Waals surface area (Å²) < 4.78 is 0. The number of carbonyl (C=O) groups is 4. The first-order valence-corrected chi connectivity index (χ1v) is 21.0. The van der Waals surface area contributed by atoms with Crippen LogP contribution < -0.4 is 63.8 Å². The average Bonchev–Trinajstić information content (AvgIpc) is 4.07. The van der Waals surface area contributed by atoms with Gasteiger partial charge in [0.25, 0.3) is 23.6 Å². The Labute approximate surface area is 357 Å². The monoisotopic (exact) mass is 804 g/mol. The first-order chi connectivity index (χ1) is 30.4. The van der Waals surface area contributed by atoms with Gasteiger partial charge in [0.15, 0.2) is 0 Å². The number of amides is 4. The Morgan fingerprint density at radius 1 is 0.355 bits per heavy atom. The molecule has 0 atom stereocenters. The van der Waals surface area contributed by atoms with Crippen molar-refractivity contribution in [2.24, 2.45) is 0 Å². The zero-order valence-corrected chi connectivity index (χ0v) is 33.2. The highest BCUT2D eigenvalue weighted by molar-refractivity contribution is 6.99. The second-order valence-corrected chi connectivity index (χ2v) is 16.9. The molecule has 0 aliphatic carbocycles. The highest BCUT2D eigenvalue weighted by Gasteiger charge is 2.42. The molecule has 4 amide bonds. The van der Waals surface area contributed by atoms with Gasteiger partial charge in [0.05, 0.1) is 0 Å². The highest BCUT2D eigenvalue weighted by atomic mass is 16.2. The Bertz CT molecular complexity index is 2830. The molecule has 0 unspecified atom stereocenters. The summed E-state index contributed by atoms with van der Waals surface area (Å²) in [6.45, 7) is 1.21. The van der Waals surface area contributed by atoms with Crippen molar-refractivity contribution in [2.75, 3.05) is 9.80 Å². The summed E-state index contributed by atoms with van der Waals surface area (Å²) in [5, 5.41) is 12.1. The zero-order chi connectivity index (χ0) is 41.4. The summed E-state index contributed by atoms with van der Waals surface area (Å²) >= 11 is 0. The summed E-state index contributed by atoms with van der Waals surface area (Å²) in [7, 11) is 0. The van der Waals surface area contributed by atoms with Gasteiger partial charge in [-0.25, -0.2) is 0 Å². The van der Waals surface area contributed by atoms with Crippen LogP contribution in [0.25, 0.3) is 0 Å². The largest absolute Gasteiger partial charge is 0.348 e. The molecule has 10 nitrogen and oxygen atoms in total. The van der Waals surface area contributed by atoms with Crippen LogP contribution >= 0.6 is 0 Å². The number of nitrogens with zero attached hydrogens (tertiary/aromatic N) is 2. The third-order valence-electron chi connectivity index (χ3n) is 13.6. The molecule has 6 aliphatic rings. The van der Waals surface area contributed by atoms with Crippen LogP contribution in [0.3, 0.4) is 0 Å². The van der Waals surface area contributed by atoms with Crippen LogP contribution in [0.15, 0.2) is 133 Å². The Balaban J connectivity index is 1.02. The molecule has 0 aromatic heterocycles. The minimum atomic E-state index is -0.315. The van der Waals surface area contributed by atoms with Crippen LogP contribution in [0.2, 0.25) is 0 Å². The second kappa shape index (κ2) is 12.8. The van der Waals surface area contributed by atoms with Crippen molar-refractivity contribution in [3.05, 3.63) is 178 Å². The molecule has 0 radical (unpaired) electrons. The lowest BCUT2D eigenvalue weighted by Crippen LogP contribution is -2.59. The number of nitrogens with one attached hydrogen (secondary N) is 4. The molecule has 13 rings (SSSR count). The van der Waals surface area contributed by atoms with Gasteiger partial charge in [-0.2, -0.15) is 0 Å². The summed E-state index contributed by atoms with van der Waals surface area (Å²) in [4.78, 5) is 57.6. The molecular formula is C50H34B2N6O4. The molecule has 0 bridgehead atoms. The van der Waals surface area contributed by atoms with Gasteiger partial charge in [0, 0.05) is 82.6 Å². The van der Waals surface area contributed by atoms with E-state index in [1.165, 1.54) is 0 Å². The van der Waals surface area contributed by atoms with Crippen molar-refractivity contribution in [2.45, 2.75) is 26.2 Å². The van der Waals surface area contributed by atoms with Gasteiger partial charge < -0.3 is 31.1 Å². The fourth-order valence-electron chi connectivity index (χ4n) is 10.7. The number of fused-ring (bicyclic) bond motifs is 8. The van der Waals surface area contributed by atoms with E-state index in [1.54, 1.807) is 0 Å². The summed E-state index contributed by atoms with van der Waals surface area (Å²) in [5.41, 5.74) is 18.2. The quantitative estimate of drug-likeness (QED) is 0.203. The number of benzene rings is 7. The van der Waals surface area contributed by atoms with E-state index in [2.05, 4.69) is 104 Å². The number of rotatable bonds is 4. The summed E-state index contributed by atoms with van der Waals surface area (Å²) in [6, 6.07) is 45.9. The SMILES string of the molecule is O=C1NCc2cc3c(cc21)B(c1ccc(B2c4cc5c(cc4N(c4ccccc4)c4cc6c(cc42)C(=O)NC6)CNC5=O)cc1)c1cc2c(cc1N3c1ccccc1)CNC2=O. The smallest absolute Gasteiger partial charge is 0.251 e. The molecule has 294 valence electrons. The Morgan fingerprint density at radius 3 is 0.903 bits per heavy atom. The molecule has 0 fully saturated rings. The lowest BCUT2D eigenvalue weighted by Gasteiger charge is -2.38. The molecule has 0 saturated heterocycles. The molecule has 62 heavy (non-hydrogen) atoms. The summed E-state index contributed by atoms with van der Waals surface area (Å²) in [5.74, 6) is -0.382. The third-order valence-corrected chi connectivity index (χ3v) is 13.6. The Kier molecular flexibility index (Phi) is 7.23. The van der Waals surface area contributed by atoms with Crippen molar-refractivity contribution in [3.63, 3.8) is 0 Å². The number of carbonyl (C=O) groups excluding carboxylic acids is 4. The number of hydrogen-bond acceptors (Lipinski definition) is 6. The number of para-hydroxylation sites is 2. The van der Waals surface area contributed by atoms with Crippen molar-refractivity contribution in [3.8, 4) is 0 Å². The normalized spacial score (nSPS) is 16.0. The van der Waals surface area contributed by atoms with Crippen LogP contribution in [0, 0.1) is 0 Å². The maximum absolute atomic E-state index is 13.3. The van der Waals surface area contributed by atoms with E-state index in [0.717, 1.165) is 89.2 Å². The zero-order valence-electron chi connectivity index (χ0n) is 33.2. The topological polar surface area (TPSA) is 123 Å². The van der Waals surface area contributed by atoms with Gasteiger partial charge in [-0.1, -0.05) is 95.9 Å². The van der Waals surface area contributed by atoms with E-state index in [-0.39, 0.29) is 37.1 Å². The molecule has 12 heteroatoms. The van der Waals surface area contributed by atoms with Crippen LogP contribution in [0.1, 0.15) is 63.7 Å². The van der Waals surface area contributed by atoms with E-state index in [9.17, 15) is 19.2 Å². The van der Waals surface area contributed by atoms with Crippen LogP contribution in [0.4, 0.5) is 34.1 Å². The van der Waals surface area contributed by atoms with Crippen LogP contribution in [-0.4, -0.2) is 37.1 Å². The Morgan fingerprint density at radius 2 is 0.629 bits per heavy atom. The van der Waals surface area contributed by atoms with E-state index in [4.69, 9.17) is 0 Å². The number of anilines is 6. The molecule has 0 spiro atoms. The summed E-state index contributed by atoms with van der Waals surface area (Å²) in [6.07, 6.45) is 0. The van der Waals surface area contributed by atoms with Gasteiger partial charge in [-0.05, 0) is 92.6 Å². The fraction of sp³-hybridized carbons (Fsp3) is 0.0800. The lowest BCUT2D eigenvalue weighted by atomic mass is 9.33. The highest BCUT2D eigenvalue weighted by Crippen LogP contribution is 2.41. The van der Waals surface area contributed by atoms with Crippen molar-refractivity contribution in [1.29, 1.82) is 0 Å². The van der Waals surface area contributed by atoms with Gasteiger partial charge in [-0.3, -0.25) is 19.2 Å². The van der Waals surface area contributed by atoms with Gasteiger partial charge in [-0.15, -0.1) is 0 Å². The van der Waals surface area contributed by atoms with Gasteiger partial charge in [0.1, 0.15) is 0 Å². The van der Waals surface area contributed by atoms with E-state index in [0.29, 0.717) is 48.4 Å². The molecule has 4 N–H and O–H groups in total. The molecule has 6 heterocycles. The molecule has 0 saturated carbocycles. The van der Waals surface area contributed by atoms with Crippen LogP contribution in [-0.2, 0) is 26.2 Å². The average molecular weight is 804 g/mol. The van der Waals surface area contributed by atoms with E-state index < -0.39 is 0 Å². The van der Waals surface area contributed by atoms with E-state index >= 15 is 0 Å². The first-order valence-electron chi connectivity index (χ1n) is 21.0. The lowest BCUT2D eigenvalue weighted by molar-refractivity contribution is 0.0957. The molecule has 6 aliphatic heterocycles. The minimum Gasteiger partial charge on any atom is -0.348 e. The minimum absolute atomic E-state index is 0.0956. The first kappa shape index (κ1) is 35.0. The maximum Gasteiger partial charge on any atom is 0.251 e. The molecular weight excluding hydrogens is 770 g/mol. The van der Waals surface area contributed by atoms with Crippen molar-refractivity contribution >= 4 is 104 Å². The fourth-order valence-corrected chi connectivity index (χ4v) is 10.7. The van der Waals surface area contributed by atoms with Gasteiger partial charge in [0.2, 0.25) is 13.4 Å². The Hall–Kier alpha value is -7.85. The third kappa shape index (κ3) is 4.94. The standard InChI is InChI=1S/C50H34B2N6O4/c59-47-35-19-39-43(15-27(35)23-53-47)57(33-7-3-1-4-8-33)44-16-28-24-54-48(60)36(28)20-40(44)51(39)31-11-13-32(14-12-31)52-41-21-37-29(25-55-49(37)61)17-45(41)58(34-9-5-2-6-10-34)46-18-30-26-56-50(62)38(30)22-42(46)52/h1-22H,23-26H2,(H,53,59)(H,54,60)(H,55,61)(H,56,62). The maximum atomic E-state index is 13.3. The molecule has 7 aromatic carbocycles. The van der Waals surface area contributed by atoms with Crippen molar-refractivity contribution in [1.82, 2.24) is 21.3 Å². The second-order valence-electron chi connectivity index (χ2n) is 16.9. The predicted octanol–water partition coefficient (Wildman–Crippen LogP) is 3.26. The van der Waals surface area contributed by atoms with E-state index in [1.807, 2.05) is 60.7 Å². The van der Waals surface area contributed by atoms with Crippen molar-refractivity contribution < 1.29 is 19.2 Å². The van der Waals surface area contributed by atoms with Crippen LogP contribution in [0.5, 0.6) is 0 Å². The molecule has 7 aromatic rings. The predicted molar refractivity (Wildman–Crippen MR) is 243 cm³/mol. The number of hydrogen-bond donors (Lipinski definition) is 4.